The Hall–Kier alpha value is -1.13. The van der Waals surface area contributed by atoms with Gasteiger partial charge in [0.15, 0.2) is 0 Å². The van der Waals surface area contributed by atoms with Crippen molar-refractivity contribution in [3.63, 3.8) is 0 Å². The summed E-state index contributed by atoms with van der Waals surface area (Å²) in [5, 5.41) is 10.7. The third-order valence-electron chi connectivity index (χ3n) is 3.88. The molecule has 0 aromatic heterocycles. The number of fused-ring (bicyclic) bond motifs is 1. The molecular formula is C13H18FNO2. The molecule has 0 saturated heterocycles. The fourth-order valence-corrected chi connectivity index (χ4v) is 2.70. The lowest BCUT2D eigenvalue weighted by atomic mass is 9.75. The molecule has 1 atom stereocenters. The lowest BCUT2D eigenvalue weighted by Gasteiger charge is -2.36. The lowest BCUT2D eigenvalue weighted by Crippen LogP contribution is -2.45. The van der Waals surface area contributed by atoms with Crippen molar-refractivity contribution in [3.05, 3.63) is 29.1 Å². The van der Waals surface area contributed by atoms with Gasteiger partial charge in [0.25, 0.3) is 0 Å². The molecule has 0 fully saturated rings. The van der Waals surface area contributed by atoms with Gasteiger partial charge < -0.3 is 15.6 Å². The molecule has 2 rings (SSSR count). The minimum Gasteiger partial charge on any atom is -0.496 e. The number of rotatable bonds is 2. The van der Waals surface area contributed by atoms with Gasteiger partial charge in [0.1, 0.15) is 17.2 Å². The molecule has 1 aromatic carbocycles. The van der Waals surface area contributed by atoms with E-state index in [1.54, 1.807) is 0 Å². The summed E-state index contributed by atoms with van der Waals surface area (Å²) in [6.45, 7) is 3.82. The second kappa shape index (κ2) is 3.68. The Labute approximate surface area is 100 Å². The summed E-state index contributed by atoms with van der Waals surface area (Å²) in [7, 11) is 1.51. The van der Waals surface area contributed by atoms with Crippen LogP contribution in [0.15, 0.2) is 12.1 Å². The predicted molar refractivity (Wildman–Crippen MR) is 63.4 cm³/mol. The number of hydrogen-bond acceptors (Lipinski definition) is 3. The molecule has 1 aliphatic rings. The second-order valence-corrected chi connectivity index (χ2v) is 5.23. The third kappa shape index (κ3) is 1.47. The minimum atomic E-state index is -1.24. The van der Waals surface area contributed by atoms with Crippen LogP contribution in [-0.4, -0.2) is 18.8 Å². The smallest absolute Gasteiger partial charge is 0.127 e. The summed E-state index contributed by atoms with van der Waals surface area (Å²) in [4.78, 5) is 0. The van der Waals surface area contributed by atoms with E-state index in [4.69, 9.17) is 10.5 Å². The Morgan fingerprint density at radius 1 is 1.47 bits per heavy atom. The molecular weight excluding hydrogens is 221 g/mol. The molecule has 0 radical (unpaired) electrons. The molecule has 0 aliphatic heterocycles. The fraction of sp³-hybridized carbons (Fsp3) is 0.538. The highest BCUT2D eigenvalue weighted by Crippen LogP contribution is 2.53. The summed E-state index contributed by atoms with van der Waals surface area (Å²) in [6.07, 6.45) is 0.457. The van der Waals surface area contributed by atoms with Crippen LogP contribution in [0.25, 0.3) is 0 Å². The maximum absolute atomic E-state index is 13.8. The van der Waals surface area contributed by atoms with Crippen molar-refractivity contribution >= 4 is 0 Å². The van der Waals surface area contributed by atoms with Crippen molar-refractivity contribution in [2.75, 3.05) is 13.7 Å². The second-order valence-electron chi connectivity index (χ2n) is 5.23. The van der Waals surface area contributed by atoms with E-state index < -0.39 is 11.0 Å². The number of benzene rings is 1. The van der Waals surface area contributed by atoms with Crippen LogP contribution in [0, 0.1) is 11.2 Å². The Morgan fingerprint density at radius 2 is 2.12 bits per heavy atom. The number of nitrogens with two attached hydrogens (primary N) is 1. The summed E-state index contributed by atoms with van der Waals surface area (Å²) >= 11 is 0. The highest BCUT2D eigenvalue weighted by Gasteiger charge is 2.53. The topological polar surface area (TPSA) is 55.5 Å². The van der Waals surface area contributed by atoms with Crippen LogP contribution >= 0.6 is 0 Å². The van der Waals surface area contributed by atoms with E-state index in [9.17, 15) is 9.50 Å². The normalized spacial score (nSPS) is 25.8. The van der Waals surface area contributed by atoms with E-state index in [0.29, 0.717) is 23.3 Å². The van der Waals surface area contributed by atoms with Crippen LogP contribution in [0.1, 0.15) is 25.0 Å². The first-order chi connectivity index (χ1) is 7.87. The first kappa shape index (κ1) is 12.3. The van der Waals surface area contributed by atoms with Gasteiger partial charge in [-0.2, -0.15) is 0 Å². The molecule has 1 aliphatic carbocycles. The molecule has 17 heavy (non-hydrogen) atoms. The van der Waals surface area contributed by atoms with Gasteiger partial charge in [0, 0.05) is 17.5 Å². The average molecular weight is 239 g/mol. The molecule has 0 heterocycles. The van der Waals surface area contributed by atoms with Crippen LogP contribution in [0.2, 0.25) is 0 Å². The minimum absolute atomic E-state index is 0.0484. The molecule has 4 heteroatoms. The van der Waals surface area contributed by atoms with Gasteiger partial charge in [0.2, 0.25) is 0 Å². The van der Waals surface area contributed by atoms with Crippen LogP contribution in [0.3, 0.4) is 0 Å². The monoisotopic (exact) mass is 239 g/mol. The zero-order valence-corrected chi connectivity index (χ0v) is 10.4. The van der Waals surface area contributed by atoms with Gasteiger partial charge in [-0.25, -0.2) is 4.39 Å². The Kier molecular flexibility index (Phi) is 2.67. The van der Waals surface area contributed by atoms with Crippen molar-refractivity contribution in [1.82, 2.24) is 0 Å². The quantitative estimate of drug-likeness (QED) is 0.823. The van der Waals surface area contributed by atoms with Crippen LogP contribution in [-0.2, 0) is 12.0 Å². The van der Waals surface area contributed by atoms with Gasteiger partial charge in [-0.1, -0.05) is 13.8 Å². The first-order valence-corrected chi connectivity index (χ1v) is 5.65. The molecule has 0 saturated carbocycles. The molecule has 3 nitrogen and oxygen atoms in total. The molecule has 94 valence electrons. The van der Waals surface area contributed by atoms with Crippen LogP contribution in [0.5, 0.6) is 5.75 Å². The zero-order valence-electron chi connectivity index (χ0n) is 10.4. The Morgan fingerprint density at radius 3 is 2.65 bits per heavy atom. The number of hydrogen-bond donors (Lipinski definition) is 2. The molecule has 1 aromatic rings. The van der Waals surface area contributed by atoms with Crippen LogP contribution < -0.4 is 10.5 Å². The van der Waals surface area contributed by atoms with Crippen molar-refractivity contribution in [2.45, 2.75) is 25.9 Å². The predicted octanol–water partition coefficient (Wildman–Crippen LogP) is 1.56. The standard InChI is InChI=1S/C13H18FNO2/c1-12(2)6-8-9(14)4-5-10(17-3)11(8)13(12,16)7-15/h4-5,16H,6-7,15H2,1-3H3. The number of aliphatic hydroxyl groups is 1. The van der Waals surface area contributed by atoms with E-state index in [1.165, 1.54) is 19.2 Å². The van der Waals surface area contributed by atoms with Gasteiger partial charge in [-0.05, 0) is 24.1 Å². The van der Waals surface area contributed by atoms with E-state index in [0.717, 1.165) is 0 Å². The van der Waals surface area contributed by atoms with Crippen molar-refractivity contribution in [3.8, 4) is 5.75 Å². The summed E-state index contributed by atoms with van der Waals surface area (Å²) < 4.78 is 19.0. The SMILES string of the molecule is COc1ccc(F)c2c1C(O)(CN)C(C)(C)C2. The molecule has 0 spiro atoms. The number of methoxy groups -OCH3 is 1. The van der Waals surface area contributed by atoms with E-state index in [-0.39, 0.29) is 12.4 Å². The summed E-state index contributed by atoms with van der Waals surface area (Å²) in [6, 6.07) is 2.91. The largest absolute Gasteiger partial charge is 0.496 e. The van der Waals surface area contributed by atoms with Gasteiger partial charge in [-0.15, -0.1) is 0 Å². The Bertz CT molecular complexity index is 459. The van der Waals surface area contributed by atoms with E-state index in [1.807, 2.05) is 13.8 Å². The van der Waals surface area contributed by atoms with E-state index >= 15 is 0 Å². The number of ether oxygens (including phenoxy) is 1. The summed E-state index contributed by atoms with van der Waals surface area (Å²) in [5.74, 6) is 0.193. The van der Waals surface area contributed by atoms with E-state index in [2.05, 4.69) is 0 Å². The molecule has 3 N–H and O–H groups in total. The molecule has 1 unspecified atom stereocenters. The summed E-state index contributed by atoms with van der Waals surface area (Å²) in [5.41, 5.74) is 4.99. The Balaban J connectivity index is 2.73. The molecule has 0 amide bonds. The highest BCUT2D eigenvalue weighted by molar-refractivity contribution is 5.51. The zero-order chi connectivity index (χ0) is 12.8. The van der Waals surface area contributed by atoms with Gasteiger partial charge >= 0.3 is 0 Å². The molecule has 0 bridgehead atoms. The van der Waals surface area contributed by atoms with Gasteiger partial charge in [0.05, 0.1) is 7.11 Å². The van der Waals surface area contributed by atoms with Gasteiger partial charge in [-0.3, -0.25) is 0 Å². The number of halogens is 1. The maximum atomic E-state index is 13.8. The third-order valence-corrected chi connectivity index (χ3v) is 3.88. The van der Waals surface area contributed by atoms with Crippen molar-refractivity contribution in [1.29, 1.82) is 0 Å². The highest BCUT2D eigenvalue weighted by atomic mass is 19.1. The average Bonchev–Trinajstić information content (AvgIpc) is 2.50. The lowest BCUT2D eigenvalue weighted by molar-refractivity contribution is -0.0519. The fourth-order valence-electron chi connectivity index (χ4n) is 2.70. The van der Waals surface area contributed by atoms with Crippen molar-refractivity contribution in [2.24, 2.45) is 11.1 Å². The van der Waals surface area contributed by atoms with Crippen molar-refractivity contribution < 1.29 is 14.2 Å². The first-order valence-electron chi connectivity index (χ1n) is 5.65. The van der Waals surface area contributed by atoms with Crippen LogP contribution in [0.4, 0.5) is 4.39 Å². The maximum Gasteiger partial charge on any atom is 0.127 e.